The molecule has 0 aromatic heterocycles. The Morgan fingerprint density at radius 3 is 1.95 bits per heavy atom. The number of rotatable bonds is 0. The number of ether oxygens (including phenoxy) is 3. The predicted octanol–water partition coefficient (Wildman–Crippen LogP) is 2.75. The zero-order chi connectivity index (χ0) is 12.4. The largest absolute Gasteiger partial charge is 0.376 e. The zero-order valence-corrected chi connectivity index (χ0v) is 10.4. The number of epoxide rings is 2. The molecule has 0 aliphatic carbocycles. The molecule has 3 nitrogen and oxygen atoms in total. The molecule has 0 saturated carbocycles. The smallest absolute Gasteiger partial charge is 0.112 e. The number of hydrogen-bond acceptors (Lipinski definition) is 3. The lowest BCUT2D eigenvalue weighted by molar-refractivity contribution is 0.102. The van der Waals surface area contributed by atoms with Crippen LogP contribution in [0.4, 0.5) is 0 Å². The Hall–Kier alpha value is -1.42. The van der Waals surface area contributed by atoms with Crippen LogP contribution in [0.5, 0.6) is 0 Å². The van der Waals surface area contributed by atoms with Crippen LogP contribution >= 0.6 is 0 Å². The molecule has 3 aliphatic heterocycles. The maximum Gasteiger partial charge on any atom is 0.112 e. The quantitative estimate of drug-likeness (QED) is 0.678. The third kappa shape index (κ3) is 1.49. The normalized spacial score (nSPS) is 35.4. The van der Waals surface area contributed by atoms with Gasteiger partial charge in [0.2, 0.25) is 0 Å². The van der Waals surface area contributed by atoms with Gasteiger partial charge in [-0.15, -0.1) is 0 Å². The lowest BCUT2D eigenvalue weighted by Crippen LogP contribution is -2.10. The molecule has 2 saturated heterocycles. The second-order valence-corrected chi connectivity index (χ2v) is 5.52. The molecule has 96 valence electrons. The van der Waals surface area contributed by atoms with E-state index >= 15 is 0 Å². The molecule has 4 unspecified atom stereocenters. The Balaban J connectivity index is 1.78. The van der Waals surface area contributed by atoms with E-state index in [4.69, 9.17) is 14.2 Å². The van der Waals surface area contributed by atoms with Crippen molar-refractivity contribution in [2.45, 2.75) is 24.4 Å². The minimum atomic E-state index is 0.195. The van der Waals surface area contributed by atoms with Gasteiger partial charge in [-0.25, -0.2) is 0 Å². The van der Waals surface area contributed by atoms with Crippen LogP contribution in [0.25, 0.3) is 10.8 Å². The van der Waals surface area contributed by atoms with E-state index in [1.54, 1.807) is 0 Å². The minimum absolute atomic E-state index is 0.195. The van der Waals surface area contributed by atoms with E-state index in [1.807, 2.05) is 0 Å². The van der Waals surface area contributed by atoms with E-state index in [-0.39, 0.29) is 24.4 Å². The molecule has 19 heavy (non-hydrogen) atoms. The van der Waals surface area contributed by atoms with Crippen LogP contribution in [0.3, 0.4) is 0 Å². The molecule has 0 spiro atoms. The molecule has 2 fully saturated rings. The van der Waals surface area contributed by atoms with Crippen molar-refractivity contribution in [3.05, 3.63) is 47.5 Å². The fourth-order valence-electron chi connectivity index (χ4n) is 3.26. The van der Waals surface area contributed by atoms with Gasteiger partial charge < -0.3 is 14.2 Å². The van der Waals surface area contributed by atoms with E-state index in [0.29, 0.717) is 13.2 Å². The van der Waals surface area contributed by atoms with Gasteiger partial charge in [0.05, 0.1) is 13.2 Å². The summed E-state index contributed by atoms with van der Waals surface area (Å²) in [6.07, 6.45) is 0.822. The molecular weight excluding hydrogens is 240 g/mol. The number of benzene rings is 2. The van der Waals surface area contributed by atoms with Crippen molar-refractivity contribution in [1.82, 2.24) is 0 Å². The Labute approximate surface area is 111 Å². The summed E-state index contributed by atoms with van der Waals surface area (Å²) in [5.74, 6) is 0. The average molecular weight is 254 g/mol. The fourth-order valence-corrected chi connectivity index (χ4v) is 3.26. The summed E-state index contributed by atoms with van der Waals surface area (Å²) in [5, 5.41) is 2.60. The fraction of sp³-hybridized carbons (Fsp3) is 0.375. The van der Waals surface area contributed by atoms with Crippen molar-refractivity contribution in [1.29, 1.82) is 0 Å². The van der Waals surface area contributed by atoms with Crippen molar-refractivity contribution in [2.75, 3.05) is 13.2 Å². The van der Waals surface area contributed by atoms with Crippen molar-refractivity contribution in [2.24, 2.45) is 0 Å². The molecular formula is C16H14O3. The lowest BCUT2D eigenvalue weighted by Gasteiger charge is -2.10. The summed E-state index contributed by atoms with van der Waals surface area (Å²) in [6, 6.07) is 12.9. The molecule has 4 atom stereocenters. The minimum Gasteiger partial charge on any atom is -0.376 e. The van der Waals surface area contributed by atoms with Gasteiger partial charge in [-0.05, 0) is 21.9 Å². The first kappa shape index (κ1) is 10.4. The molecule has 0 amide bonds. The Bertz CT molecular complexity index is 613. The maximum atomic E-state index is 5.78. The molecule has 3 aliphatic rings. The third-order valence-electron chi connectivity index (χ3n) is 4.31. The van der Waals surface area contributed by atoms with Crippen molar-refractivity contribution in [3.63, 3.8) is 0 Å². The van der Waals surface area contributed by atoms with Crippen molar-refractivity contribution < 1.29 is 14.2 Å². The second-order valence-electron chi connectivity index (χ2n) is 5.52. The summed E-state index contributed by atoms with van der Waals surface area (Å²) < 4.78 is 17.2. The molecule has 0 bridgehead atoms. The van der Waals surface area contributed by atoms with Crippen LogP contribution in [0, 0.1) is 0 Å². The Kier molecular flexibility index (Phi) is 1.95. The molecule has 0 radical (unpaired) electrons. The summed E-state index contributed by atoms with van der Waals surface area (Å²) in [7, 11) is 0. The van der Waals surface area contributed by atoms with Crippen LogP contribution in [0.1, 0.15) is 23.3 Å². The van der Waals surface area contributed by atoms with Crippen LogP contribution in [-0.4, -0.2) is 25.4 Å². The van der Waals surface area contributed by atoms with E-state index in [9.17, 15) is 0 Å². The number of hydrogen-bond donors (Lipinski definition) is 0. The van der Waals surface area contributed by atoms with Crippen LogP contribution < -0.4 is 0 Å². The molecule has 3 heterocycles. The highest BCUT2D eigenvalue weighted by Crippen LogP contribution is 2.48. The highest BCUT2D eigenvalue weighted by atomic mass is 16.6. The highest BCUT2D eigenvalue weighted by Gasteiger charge is 2.47. The lowest BCUT2D eigenvalue weighted by atomic mass is 9.94. The molecule has 2 aromatic rings. The van der Waals surface area contributed by atoms with Crippen LogP contribution in [0.2, 0.25) is 0 Å². The third-order valence-corrected chi connectivity index (χ3v) is 4.31. The first-order chi connectivity index (χ1) is 9.42. The highest BCUT2D eigenvalue weighted by molar-refractivity contribution is 5.90. The molecule has 2 aromatic carbocycles. The van der Waals surface area contributed by atoms with Gasteiger partial charge in [0.15, 0.2) is 0 Å². The second kappa shape index (κ2) is 3.57. The predicted molar refractivity (Wildman–Crippen MR) is 70.0 cm³/mol. The van der Waals surface area contributed by atoms with E-state index in [1.165, 1.54) is 21.9 Å². The SMILES string of the molecule is c1cc2c3c(cccc3c1)C1OC1COCC1OC21. The first-order valence-corrected chi connectivity index (χ1v) is 6.82. The van der Waals surface area contributed by atoms with Gasteiger partial charge in [0.1, 0.15) is 24.4 Å². The average Bonchev–Trinajstić information content (AvgIpc) is 3.32. The van der Waals surface area contributed by atoms with Gasteiger partial charge in [-0.1, -0.05) is 36.4 Å². The van der Waals surface area contributed by atoms with Crippen molar-refractivity contribution >= 4 is 10.8 Å². The Morgan fingerprint density at radius 2 is 1.37 bits per heavy atom. The summed E-state index contributed by atoms with van der Waals surface area (Å²) >= 11 is 0. The van der Waals surface area contributed by atoms with E-state index < -0.39 is 0 Å². The molecule has 3 heteroatoms. The monoisotopic (exact) mass is 254 g/mol. The van der Waals surface area contributed by atoms with E-state index in [2.05, 4.69) is 36.4 Å². The van der Waals surface area contributed by atoms with Crippen LogP contribution in [0.15, 0.2) is 36.4 Å². The molecule has 5 rings (SSSR count). The summed E-state index contributed by atoms with van der Waals surface area (Å²) in [5.41, 5.74) is 2.58. The zero-order valence-electron chi connectivity index (χ0n) is 10.4. The first-order valence-electron chi connectivity index (χ1n) is 6.82. The number of fused-ring (bicyclic) bond motifs is 4. The van der Waals surface area contributed by atoms with Gasteiger partial charge >= 0.3 is 0 Å². The maximum absolute atomic E-state index is 5.78. The van der Waals surface area contributed by atoms with Crippen LogP contribution in [-0.2, 0) is 14.2 Å². The van der Waals surface area contributed by atoms with E-state index in [0.717, 1.165) is 0 Å². The standard InChI is InChI=1S/C16H14O3/c1-3-9-4-2-6-11-14(9)10(5-1)15-12(18-15)7-17-8-13-16(11)19-13/h1-6,12-13,15-16H,7-8H2. The Morgan fingerprint density at radius 1 is 0.789 bits per heavy atom. The van der Waals surface area contributed by atoms with Gasteiger partial charge in [0, 0.05) is 0 Å². The van der Waals surface area contributed by atoms with Gasteiger partial charge in [-0.3, -0.25) is 0 Å². The van der Waals surface area contributed by atoms with Gasteiger partial charge in [0.25, 0.3) is 0 Å². The molecule has 0 N–H and O–H groups in total. The van der Waals surface area contributed by atoms with Gasteiger partial charge in [-0.2, -0.15) is 0 Å². The van der Waals surface area contributed by atoms with Crippen molar-refractivity contribution in [3.8, 4) is 0 Å². The summed E-state index contributed by atoms with van der Waals surface area (Å²) in [4.78, 5) is 0. The topological polar surface area (TPSA) is 34.3 Å². The summed E-state index contributed by atoms with van der Waals surface area (Å²) in [6.45, 7) is 1.35.